The number of amides is 1. The van der Waals surface area contributed by atoms with E-state index in [-0.39, 0.29) is 11.4 Å². The third kappa shape index (κ3) is 3.21. The van der Waals surface area contributed by atoms with Crippen molar-refractivity contribution >= 4 is 12.0 Å². The standard InChI is InChI=1S/C17H23NO2/c1-11-6-8-14-16(12(2)10-20-14)13(11)7-9-15(19)18-17(3,4)5/h6-9,12H,10H2,1-5H3,(H,18,19)/b9-7+. The third-order valence-electron chi connectivity index (χ3n) is 3.35. The van der Waals surface area contributed by atoms with Gasteiger partial charge in [-0.2, -0.15) is 0 Å². The Hall–Kier alpha value is -1.77. The second-order valence-corrected chi connectivity index (χ2v) is 6.49. The highest BCUT2D eigenvalue weighted by atomic mass is 16.5. The van der Waals surface area contributed by atoms with E-state index in [0.29, 0.717) is 12.5 Å². The van der Waals surface area contributed by atoms with E-state index < -0.39 is 0 Å². The van der Waals surface area contributed by atoms with E-state index in [1.54, 1.807) is 6.08 Å². The van der Waals surface area contributed by atoms with Gasteiger partial charge in [-0.25, -0.2) is 0 Å². The lowest BCUT2D eigenvalue weighted by Gasteiger charge is -2.19. The predicted molar refractivity (Wildman–Crippen MR) is 82.0 cm³/mol. The molecule has 0 aliphatic carbocycles. The Morgan fingerprint density at radius 1 is 1.40 bits per heavy atom. The summed E-state index contributed by atoms with van der Waals surface area (Å²) in [5, 5.41) is 2.93. The Balaban J connectivity index is 2.26. The minimum absolute atomic E-state index is 0.0685. The van der Waals surface area contributed by atoms with E-state index in [0.717, 1.165) is 11.3 Å². The van der Waals surface area contributed by atoms with E-state index >= 15 is 0 Å². The number of nitrogens with one attached hydrogen (secondary N) is 1. The van der Waals surface area contributed by atoms with Crippen LogP contribution in [0.15, 0.2) is 18.2 Å². The Labute approximate surface area is 121 Å². The predicted octanol–water partition coefficient (Wildman–Crippen LogP) is 3.42. The first-order chi connectivity index (χ1) is 9.28. The fraction of sp³-hybridized carbons (Fsp3) is 0.471. The lowest BCUT2D eigenvalue weighted by Crippen LogP contribution is -2.39. The van der Waals surface area contributed by atoms with E-state index in [4.69, 9.17) is 4.74 Å². The Morgan fingerprint density at radius 2 is 2.10 bits per heavy atom. The van der Waals surface area contributed by atoms with Crippen molar-refractivity contribution in [2.75, 3.05) is 6.61 Å². The normalized spacial score (nSPS) is 17.9. The van der Waals surface area contributed by atoms with Crippen LogP contribution in [0.4, 0.5) is 0 Å². The monoisotopic (exact) mass is 273 g/mol. The molecule has 3 heteroatoms. The van der Waals surface area contributed by atoms with Crippen LogP contribution in [0.1, 0.15) is 50.3 Å². The van der Waals surface area contributed by atoms with E-state index in [9.17, 15) is 4.79 Å². The van der Waals surface area contributed by atoms with Gasteiger partial charge in [0.1, 0.15) is 5.75 Å². The van der Waals surface area contributed by atoms with Crippen molar-refractivity contribution in [3.63, 3.8) is 0 Å². The van der Waals surface area contributed by atoms with Gasteiger partial charge in [-0.05, 0) is 51.0 Å². The van der Waals surface area contributed by atoms with E-state index in [2.05, 4.69) is 19.2 Å². The van der Waals surface area contributed by atoms with Crippen LogP contribution in [-0.4, -0.2) is 18.1 Å². The summed E-state index contributed by atoms with van der Waals surface area (Å²) in [7, 11) is 0. The average Bonchev–Trinajstić information content (AvgIpc) is 2.68. The van der Waals surface area contributed by atoms with Gasteiger partial charge >= 0.3 is 0 Å². The maximum absolute atomic E-state index is 11.9. The minimum Gasteiger partial charge on any atom is -0.493 e. The van der Waals surface area contributed by atoms with Crippen LogP contribution in [0.25, 0.3) is 6.08 Å². The minimum atomic E-state index is -0.217. The SMILES string of the molecule is Cc1ccc2c(c1/C=C/C(=O)NC(C)(C)C)C(C)CO2. The molecule has 3 nitrogen and oxygen atoms in total. The van der Waals surface area contributed by atoms with Crippen molar-refractivity contribution in [1.82, 2.24) is 5.32 Å². The molecule has 1 aliphatic heterocycles. The van der Waals surface area contributed by atoms with Crippen molar-refractivity contribution in [1.29, 1.82) is 0 Å². The number of benzene rings is 1. The van der Waals surface area contributed by atoms with Gasteiger partial charge in [-0.1, -0.05) is 13.0 Å². The molecule has 1 N–H and O–H groups in total. The highest BCUT2D eigenvalue weighted by Gasteiger charge is 2.23. The molecule has 1 aromatic rings. The Bertz CT molecular complexity index is 553. The number of hydrogen-bond donors (Lipinski definition) is 1. The molecule has 1 amide bonds. The highest BCUT2D eigenvalue weighted by Crippen LogP contribution is 2.38. The molecule has 0 fully saturated rings. The molecule has 1 unspecified atom stereocenters. The van der Waals surface area contributed by atoms with E-state index in [1.165, 1.54) is 11.1 Å². The van der Waals surface area contributed by atoms with Crippen molar-refractivity contribution in [2.45, 2.75) is 46.1 Å². The summed E-state index contributed by atoms with van der Waals surface area (Å²) in [6, 6.07) is 4.05. The number of rotatable bonds is 2. The van der Waals surface area contributed by atoms with E-state index in [1.807, 2.05) is 39.0 Å². The highest BCUT2D eigenvalue weighted by molar-refractivity contribution is 5.92. The molecule has 0 bridgehead atoms. The Morgan fingerprint density at radius 3 is 2.75 bits per heavy atom. The van der Waals surface area contributed by atoms with Gasteiger partial charge in [-0.3, -0.25) is 4.79 Å². The van der Waals surface area contributed by atoms with Crippen LogP contribution < -0.4 is 10.1 Å². The molecule has 0 saturated carbocycles. The summed E-state index contributed by atoms with van der Waals surface area (Å²) < 4.78 is 5.66. The van der Waals surface area contributed by atoms with Crippen LogP contribution in [0.5, 0.6) is 5.75 Å². The summed E-state index contributed by atoms with van der Waals surface area (Å²) in [6.07, 6.45) is 3.51. The molecule has 108 valence electrons. The molecular weight excluding hydrogens is 250 g/mol. The summed E-state index contributed by atoms with van der Waals surface area (Å²) >= 11 is 0. The number of hydrogen-bond acceptors (Lipinski definition) is 2. The maximum atomic E-state index is 11.9. The molecule has 1 aliphatic rings. The summed E-state index contributed by atoms with van der Waals surface area (Å²) in [4.78, 5) is 11.9. The van der Waals surface area contributed by atoms with Gasteiger partial charge in [0.05, 0.1) is 6.61 Å². The molecular formula is C17H23NO2. The molecule has 1 atom stereocenters. The molecule has 2 rings (SSSR count). The van der Waals surface area contributed by atoms with Crippen molar-refractivity contribution in [3.05, 3.63) is 34.9 Å². The molecule has 0 radical (unpaired) electrons. The van der Waals surface area contributed by atoms with Crippen molar-refractivity contribution < 1.29 is 9.53 Å². The van der Waals surface area contributed by atoms with Gasteiger partial charge in [0.2, 0.25) is 5.91 Å². The topological polar surface area (TPSA) is 38.3 Å². The molecule has 20 heavy (non-hydrogen) atoms. The van der Waals surface area contributed by atoms with Gasteiger partial charge in [-0.15, -0.1) is 0 Å². The number of carbonyl (C=O) groups excluding carboxylic acids is 1. The Kier molecular flexibility index (Phi) is 3.89. The fourth-order valence-corrected chi connectivity index (χ4v) is 2.45. The van der Waals surface area contributed by atoms with Gasteiger partial charge in [0.25, 0.3) is 0 Å². The molecule has 0 spiro atoms. The molecule has 1 heterocycles. The zero-order chi connectivity index (χ0) is 14.9. The van der Waals surface area contributed by atoms with Crippen LogP contribution in [0, 0.1) is 6.92 Å². The van der Waals surface area contributed by atoms with Crippen LogP contribution >= 0.6 is 0 Å². The van der Waals surface area contributed by atoms with Crippen LogP contribution in [-0.2, 0) is 4.79 Å². The first kappa shape index (κ1) is 14.6. The first-order valence-corrected chi connectivity index (χ1v) is 7.04. The summed E-state index contributed by atoms with van der Waals surface area (Å²) in [5.74, 6) is 1.25. The van der Waals surface area contributed by atoms with Crippen LogP contribution in [0.2, 0.25) is 0 Å². The summed E-state index contributed by atoms with van der Waals surface area (Å²) in [5.41, 5.74) is 3.27. The van der Waals surface area contributed by atoms with Gasteiger partial charge < -0.3 is 10.1 Å². The number of ether oxygens (including phenoxy) is 1. The second-order valence-electron chi connectivity index (χ2n) is 6.49. The number of aryl methyl sites for hydroxylation is 1. The smallest absolute Gasteiger partial charge is 0.244 e. The quantitative estimate of drug-likeness (QED) is 0.838. The average molecular weight is 273 g/mol. The first-order valence-electron chi connectivity index (χ1n) is 7.04. The number of fused-ring (bicyclic) bond motifs is 1. The van der Waals surface area contributed by atoms with Crippen molar-refractivity contribution in [2.24, 2.45) is 0 Å². The van der Waals surface area contributed by atoms with Crippen LogP contribution in [0.3, 0.4) is 0 Å². The molecule has 1 aromatic carbocycles. The van der Waals surface area contributed by atoms with Gasteiger partial charge in [0, 0.05) is 23.1 Å². The largest absolute Gasteiger partial charge is 0.493 e. The third-order valence-corrected chi connectivity index (χ3v) is 3.35. The number of carbonyl (C=O) groups is 1. The summed E-state index contributed by atoms with van der Waals surface area (Å²) in [6.45, 7) is 10.8. The molecule has 0 aromatic heterocycles. The zero-order valence-electron chi connectivity index (χ0n) is 12.9. The van der Waals surface area contributed by atoms with Gasteiger partial charge in [0.15, 0.2) is 0 Å². The molecule has 0 saturated heterocycles. The fourth-order valence-electron chi connectivity index (χ4n) is 2.45. The van der Waals surface area contributed by atoms with Crippen molar-refractivity contribution in [3.8, 4) is 5.75 Å². The lowest BCUT2D eigenvalue weighted by atomic mass is 9.93. The lowest BCUT2D eigenvalue weighted by molar-refractivity contribution is -0.117. The maximum Gasteiger partial charge on any atom is 0.244 e. The second kappa shape index (κ2) is 5.31. The zero-order valence-corrected chi connectivity index (χ0v) is 12.9.